The van der Waals surface area contributed by atoms with Gasteiger partial charge in [-0.2, -0.15) is 0 Å². The Hall–Kier alpha value is -3.05. The van der Waals surface area contributed by atoms with Crippen LogP contribution in [0.4, 0.5) is 0 Å². The third-order valence-electron chi connectivity index (χ3n) is 4.50. The summed E-state index contributed by atoms with van der Waals surface area (Å²) < 4.78 is 11.5. The number of ether oxygens (including phenoxy) is 2. The maximum Gasteiger partial charge on any atom is 0.290 e. The lowest BCUT2D eigenvalue weighted by Crippen LogP contribution is -2.22. The molecular weight excluding hydrogens is 354 g/mol. The average Bonchev–Trinajstić information content (AvgIpc) is 2.71. The minimum absolute atomic E-state index is 0.250. The van der Waals surface area contributed by atoms with E-state index < -0.39 is 0 Å². The third kappa shape index (κ3) is 5.72. The van der Waals surface area contributed by atoms with E-state index in [0.29, 0.717) is 6.61 Å². The van der Waals surface area contributed by atoms with Crippen molar-refractivity contribution in [3.63, 3.8) is 0 Å². The summed E-state index contributed by atoms with van der Waals surface area (Å²) in [4.78, 5) is 10.6. The third-order valence-corrected chi connectivity index (χ3v) is 4.50. The molecule has 5 nitrogen and oxygen atoms in total. The smallest absolute Gasteiger partial charge is 0.290 e. The number of benzene rings is 3. The Bertz CT molecular complexity index is 874. The summed E-state index contributed by atoms with van der Waals surface area (Å²) in [5.41, 5.74) is 1.24. The Morgan fingerprint density at radius 3 is 2.43 bits per heavy atom. The monoisotopic (exact) mass is 381 g/mol. The summed E-state index contributed by atoms with van der Waals surface area (Å²) in [5, 5.41) is 9.25. The van der Waals surface area contributed by atoms with Gasteiger partial charge in [0, 0.05) is 17.8 Å². The normalized spacial score (nSPS) is 11.4. The molecule has 3 aromatic carbocycles. The van der Waals surface area contributed by atoms with Gasteiger partial charge in [-0.15, -0.1) is 0 Å². The number of rotatable bonds is 7. The molecule has 0 amide bonds. The van der Waals surface area contributed by atoms with Crippen LogP contribution in [0.3, 0.4) is 0 Å². The van der Waals surface area contributed by atoms with Crippen molar-refractivity contribution < 1.29 is 19.4 Å². The molecule has 0 bridgehead atoms. The van der Waals surface area contributed by atoms with Gasteiger partial charge in [-0.3, -0.25) is 4.79 Å². The quantitative estimate of drug-likeness (QED) is 0.605. The van der Waals surface area contributed by atoms with Crippen molar-refractivity contribution in [3.05, 3.63) is 72.3 Å². The van der Waals surface area contributed by atoms with Crippen LogP contribution in [0.1, 0.15) is 18.0 Å². The van der Waals surface area contributed by atoms with Crippen LogP contribution in [0.2, 0.25) is 0 Å². The van der Waals surface area contributed by atoms with Crippen LogP contribution in [-0.2, 0) is 4.79 Å². The largest absolute Gasteiger partial charge is 0.497 e. The highest BCUT2D eigenvalue weighted by atomic mass is 16.5. The van der Waals surface area contributed by atoms with Gasteiger partial charge in [0.25, 0.3) is 6.47 Å². The Morgan fingerprint density at radius 1 is 1.04 bits per heavy atom. The van der Waals surface area contributed by atoms with Gasteiger partial charge in [-0.1, -0.05) is 48.5 Å². The molecule has 0 aliphatic rings. The lowest BCUT2D eigenvalue weighted by atomic mass is 10.0. The molecule has 0 fully saturated rings. The van der Waals surface area contributed by atoms with Crippen LogP contribution >= 0.6 is 0 Å². The van der Waals surface area contributed by atoms with Crippen LogP contribution in [-0.4, -0.2) is 44.3 Å². The van der Waals surface area contributed by atoms with Crippen LogP contribution in [0, 0.1) is 0 Å². The first-order valence-corrected chi connectivity index (χ1v) is 9.09. The molecule has 148 valence electrons. The standard InChI is InChI=1S/C22H25NO2.CH2O2/c1-23(2)21(18-10-6-11-19(16-18)24-3)14-15-25-22-13-7-9-17-8-4-5-12-20(17)22;2-1-3/h4-13,16,21H,14-15H2,1-3H3;1H,(H,2,3). The molecule has 0 heterocycles. The van der Waals surface area contributed by atoms with Crippen molar-refractivity contribution in [1.82, 2.24) is 4.90 Å². The van der Waals surface area contributed by atoms with E-state index in [0.717, 1.165) is 23.3 Å². The fourth-order valence-electron chi connectivity index (χ4n) is 3.17. The summed E-state index contributed by atoms with van der Waals surface area (Å²) in [6, 6.07) is 23.1. The molecule has 1 unspecified atom stereocenters. The molecule has 1 atom stereocenters. The fourth-order valence-corrected chi connectivity index (χ4v) is 3.17. The zero-order valence-corrected chi connectivity index (χ0v) is 16.5. The topological polar surface area (TPSA) is 59.0 Å². The number of carboxylic acid groups (broad SMARTS) is 1. The van der Waals surface area contributed by atoms with Gasteiger partial charge in [-0.05, 0) is 43.2 Å². The Kier molecular flexibility index (Phi) is 8.31. The van der Waals surface area contributed by atoms with E-state index in [2.05, 4.69) is 55.4 Å². The molecular formula is C23H27NO4. The minimum atomic E-state index is -0.250. The Balaban J connectivity index is 0.000000878. The molecule has 0 radical (unpaired) electrons. The van der Waals surface area contributed by atoms with Gasteiger partial charge in [0.15, 0.2) is 0 Å². The van der Waals surface area contributed by atoms with E-state index in [1.165, 1.54) is 10.9 Å². The molecule has 5 heteroatoms. The second kappa shape index (κ2) is 10.9. The Labute approximate surface area is 166 Å². The van der Waals surface area contributed by atoms with E-state index in [1.807, 2.05) is 30.3 Å². The van der Waals surface area contributed by atoms with E-state index in [-0.39, 0.29) is 12.5 Å². The van der Waals surface area contributed by atoms with Crippen molar-refractivity contribution in [2.45, 2.75) is 12.5 Å². The molecule has 0 aliphatic carbocycles. The lowest BCUT2D eigenvalue weighted by molar-refractivity contribution is -0.122. The highest BCUT2D eigenvalue weighted by Gasteiger charge is 2.15. The molecule has 0 saturated heterocycles. The SMILES string of the molecule is COc1cccc(C(CCOc2cccc3ccccc23)N(C)C)c1.O=CO. The van der Waals surface area contributed by atoms with E-state index in [1.54, 1.807) is 7.11 Å². The summed E-state index contributed by atoms with van der Waals surface area (Å²) >= 11 is 0. The van der Waals surface area contributed by atoms with E-state index >= 15 is 0 Å². The molecule has 0 spiro atoms. The first-order chi connectivity index (χ1) is 13.6. The first kappa shape index (κ1) is 21.3. The van der Waals surface area contributed by atoms with Gasteiger partial charge in [0.1, 0.15) is 11.5 Å². The van der Waals surface area contributed by atoms with E-state index in [4.69, 9.17) is 19.4 Å². The zero-order valence-electron chi connectivity index (χ0n) is 16.5. The molecule has 3 rings (SSSR count). The molecule has 0 aliphatic heterocycles. The Morgan fingerprint density at radius 2 is 1.71 bits per heavy atom. The van der Waals surface area contributed by atoms with Crippen molar-refractivity contribution in [2.75, 3.05) is 27.8 Å². The van der Waals surface area contributed by atoms with Gasteiger partial charge < -0.3 is 19.5 Å². The van der Waals surface area contributed by atoms with Gasteiger partial charge >= 0.3 is 0 Å². The molecule has 1 N–H and O–H groups in total. The number of fused-ring (bicyclic) bond motifs is 1. The molecule has 28 heavy (non-hydrogen) atoms. The number of methoxy groups -OCH3 is 1. The summed E-state index contributed by atoms with van der Waals surface area (Å²) in [7, 11) is 5.90. The summed E-state index contributed by atoms with van der Waals surface area (Å²) in [5.74, 6) is 1.83. The maximum absolute atomic E-state index is 8.36. The number of hydrogen-bond donors (Lipinski definition) is 1. The molecule has 0 aromatic heterocycles. The highest BCUT2D eigenvalue weighted by molar-refractivity contribution is 5.88. The maximum atomic E-state index is 8.36. The average molecular weight is 381 g/mol. The highest BCUT2D eigenvalue weighted by Crippen LogP contribution is 2.28. The van der Waals surface area contributed by atoms with Crippen molar-refractivity contribution in [3.8, 4) is 11.5 Å². The van der Waals surface area contributed by atoms with Gasteiger partial charge in [-0.25, -0.2) is 0 Å². The second-order valence-corrected chi connectivity index (χ2v) is 6.48. The number of nitrogens with zero attached hydrogens (tertiary/aromatic N) is 1. The minimum Gasteiger partial charge on any atom is -0.497 e. The first-order valence-electron chi connectivity index (χ1n) is 9.09. The summed E-state index contributed by atoms with van der Waals surface area (Å²) in [6.07, 6.45) is 0.906. The van der Waals surface area contributed by atoms with E-state index in [9.17, 15) is 0 Å². The van der Waals surface area contributed by atoms with Crippen LogP contribution in [0.25, 0.3) is 10.8 Å². The molecule has 3 aromatic rings. The van der Waals surface area contributed by atoms with Crippen LogP contribution in [0.5, 0.6) is 11.5 Å². The fraction of sp³-hybridized carbons (Fsp3) is 0.261. The van der Waals surface area contributed by atoms with Gasteiger partial charge in [0.05, 0.1) is 13.7 Å². The second-order valence-electron chi connectivity index (χ2n) is 6.48. The predicted molar refractivity (Wildman–Crippen MR) is 112 cm³/mol. The van der Waals surface area contributed by atoms with Crippen molar-refractivity contribution in [2.24, 2.45) is 0 Å². The van der Waals surface area contributed by atoms with Crippen molar-refractivity contribution >= 4 is 17.2 Å². The summed E-state index contributed by atoms with van der Waals surface area (Å²) in [6.45, 7) is 0.411. The lowest BCUT2D eigenvalue weighted by Gasteiger charge is -2.25. The number of hydrogen-bond acceptors (Lipinski definition) is 4. The molecule has 0 saturated carbocycles. The van der Waals surface area contributed by atoms with Crippen LogP contribution < -0.4 is 9.47 Å². The van der Waals surface area contributed by atoms with Crippen molar-refractivity contribution in [1.29, 1.82) is 0 Å². The number of carbonyl (C=O) groups is 1. The zero-order chi connectivity index (χ0) is 20.4. The predicted octanol–water partition coefficient (Wildman–Crippen LogP) is 4.62. The van der Waals surface area contributed by atoms with Gasteiger partial charge in [0.2, 0.25) is 0 Å². The van der Waals surface area contributed by atoms with Crippen LogP contribution in [0.15, 0.2) is 66.7 Å².